The van der Waals surface area contributed by atoms with Crippen LogP contribution < -0.4 is 11.1 Å². The molecule has 0 fully saturated rings. The van der Waals surface area contributed by atoms with E-state index in [-0.39, 0.29) is 5.91 Å². The van der Waals surface area contributed by atoms with Crippen molar-refractivity contribution >= 4 is 11.6 Å². The summed E-state index contributed by atoms with van der Waals surface area (Å²) in [6, 6.07) is 3.42. The Morgan fingerprint density at radius 1 is 1.46 bits per heavy atom. The molecule has 0 radical (unpaired) electrons. The van der Waals surface area contributed by atoms with Gasteiger partial charge in [-0.3, -0.25) is 9.78 Å². The lowest BCUT2D eigenvalue weighted by atomic mass is 10.1. The van der Waals surface area contributed by atoms with Crippen LogP contribution in [0.1, 0.15) is 13.8 Å². The van der Waals surface area contributed by atoms with Crippen molar-refractivity contribution in [3.8, 4) is 0 Å². The van der Waals surface area contributed by atoms with Crippen LogP contribution in [0.25, 0.3) is 0 Å². The molecule has 4 nitrogen and oxygen atoms in total. The molecule has 0 aliphatic rings. The zero-order valence-electron chi connectivity index (χ0n) is 7.74. The third kappa shape index (κ3) is 2.83. The van der Waals surface area contributed by atoms with Crippen LogP contribution in [0, 0.1) is 0 Å². The van der Waals surface area contributed by atoms with Gasteiger partial charge in [-0.25, -0.2) is 0 Å². The van der Waals surface area contributed by atoms with E-state index in [9.17, 15) is 4.79 Å². The first-order valence-electron chi connectivity index (χ1n) is 4.00. The minimum absolute atomic E-state index is 0.210. The van der Waals surface area contributed by atoms with E-state index in [1.165, 1.54) is 0 Å². The highest BCUT2D eigenvalue weighted by molar-refractivity contribution is 5.97. The summed E-state index contributed by atoms with van der Waals surface area (Å²) >= 11 is 0. The first kappa shape index (κ1) is 9.67. The number of carbonyl (C=O) groups excluding carboxylic acids is 1. The van der Waals surface area contributed by atoms with Crippen LogP contribution >= 0.6 is 0 Å². The summed E-state index contributed by atoms with van der Waals surface area (Å²) in [4.78, 5) is 15.2. The first-order valence-corrected chi connectivity index (χ1v) is 4.00. The summed E-state index contributed by atoms with van der Waals surface area (Å²) in [5.41, 5.74) is 5.45. The molecule has 1 aromatic rings. The van der Waals surface area contributed by atoms with Gasteiger partial charge in [-0.1, -0.05) is 0 Å². The van der Waals surface area contributed by atoms with Crippen molar-refractivity contribution in [2.24, 2.45) is 5.73 Å². The Labute approximate surface area is 77.2 Å². The molecule has 0 aliphatic carbocycles. The van der Waals surface area contributed by atoms with Crippen molar-refractivity contribution in [2.45, 2.75) is 19.4 Å². The van der Waals surface area contributed by atoms with Gasteiger partial charge in [-0.2, -0.15) is 0 Å². The van der Waals surface area contributed by atoms with Crippen LogP contribution in [-0.4, -0.2) is 16.4 Å². The van der Waals surface area contributed by atoms with Crippen molar-refractivity contribution < 1.29 is 4.79 Å². The van der Waals surface area contributed by atoms with Crippen LogP contribution in [0.3, 0.4) is 0 Å². The van der Waals surface area contributed by atoms with Gasteiger partial charge in [0, 0.05) is 18.1 Å². The van der Waals surface area contributed by atoms with Gasteiger partial charge in [0.1, 0.15) is 0 Å². The molecule has 70 valence electrons. The number of aromatic nitrogens is 1. The molecular formula is C9H13N3O. The maximum atomic E-state index is 11.4. The van der Waals surface area contributed by atoms with Gasteiger partial charge in [0.05, 0.1) is 5.54 Å². The first-order chi connectivity index (χ1) is 6.00. The van der Waals surface area contributed by atoms with Gasteiger partial charge in [0.25, 0.3) is 0 Å². The molecule has 13 heavy (non-hydrogen) atoms. The van der Waals surface area contributed by atoms with Crippen molar-refractivity contribution in [1.82, 2.24) is 4.98 Å². The molecule has 3 N–H and O–H groups in total. The van der Waals surface area contributed by atoms with Crippen LogP contribution in [-0.2, 0) is 4.79 Å². The SMILES string of the molecule is CC(C)(N)C(=O)Nc1ccncc1. The van der Waals surface area contributed by atoms with E-state index in [1.807, 2.05) is 0 Å². The van der Waals surface area contributed by atoms with E-state index in [2.05, 4.69) is 10.3 Å². The third-order valence-corrected chi connectivity index (χ3v) is 1.52. The molecule has 0 unspecified atom stereocenters. The van der Waals surface area contributed by atoms with Crippen molar-refractivity contribution in [3.63, 3.8) is 0 Å². The van der Waals surface area contributed by atoms with E-state index < -0.39 is 5.54 Å². The molecular weight excluding hydrogens is 166 g/mol. The topological polar surface area (TPSA) is 68.0 Å². The van der Waals surface area contributed by atoms with Gasteiger partial charge in [-0.05, 0) is 26.0 Å². The smallest absolute Gasteiger partial charge is 0.243 e. The summed E-state index contributed by atoms with van der Waals surface area (Å²) in [6.45, 7) is 3.31. The van der Waals surface area contributed by atoms with Crippen LogP contribution in [0.15, 0.2) is 24.5 Å². The molecule has 0 spiro atoms. The zero-order chi connectivity index (χ0) is 9.90. The Bertz CT molecular complexity index is 289. The number of anilines is 1. The van der Waals surface area contributed by atoms with Gasteiger partial charge >= 0.3 is 0 Å². The maximum absolute atomic E-state index is 11.4. The predicted molar refractivity (Wildman–Crippen MR) is 51.1 cm³/mol. The molecule has 4 heteroatoms. The van der Waals surface area contributed by atoms with Crippen molar-refractivity contribution in [3.05, 3.63) is 24.5 Å². The van der Waals surface area contributed by atoms with E-state index in [4.69, 9.17) is 5.73 Å². The predicted octanol–water partition coefficient (Wildman–Crippen LogP) is 0.757. The Morgan fingerprint density at radius 2 is 2.00 bits per heavy atom. The molecule has 1 aromatic heterocycles. The molecule has 0 bridgehead atoms. The Balaban J connectivity index is 2.66. The molecule has 0 aliphatic heterocycles. The largest absolute Gasteiger partial charge is 0.324 e. The molecule has 0 saturated carbocycles. The fourth-order valence-corrected chi connectivity index (χ4v) is 0.727. The molecule has 1 heterocycles. The standard InChI is InChI=1S/C9H13N3O/c1-9(2,10)8(13)12-7-3-5-11-6-4-7/h3-6H,10H2,1-2H3,(H,11,12,13). The third-order valence-electron chi connectivity index (χ3n) is 1.52. The number of nitrogens with zero attached hydrogens (tertiary/aromatic N) is 1. The van der Waals surface area contributed by atoms with Crippen molar-refractivity contribution in [2.75, 3.05) is 5.32 Å². The lowest BCUT2D eigenvalue weighted by Crippen LogP contribution is -2.45. The number of nitrogens with two attached hydrogens (primary N) is 1. The minimum Gasteiger partial charge on any atom is -0.324 e. The van der Waals surface area contributed by atoms with E-state index >= 15 is 0 Å². The number of nitrogens with one attached hydrogen (secondary N) is 1. The lowest BCUT2D eigenvalue weighted by Gasteiger charge is -2.17. The van der Waals surface area contributed by atoms with Crippen LogP contribution in [0.4, 0.5) is 5.69 Å². The second-order valence-electron chi connectivity index (χ2n) is 3.41. The number of hydrogen-bond donors (Lipinski definition) is 2. The molecule has 0 atom stereocenters. The normalized spacial score (nSPS) is 11.0. The number of pyridine rings is 1. The highest BCUT2D eigenvalue weighted by Gasteiger charge is 2.21. The zero-order valence-corrected chi connectivity index (χ0v) is 7.74. The molecule has 1 amide bonds. The second-order valence-corrected chi connectivity index (χ2v) is 3.41. The average Bonchev–Trinajstić information content (AvgIpc) is 2.04. The van der Waals surface area contributed by atoms with Crippen LogP contribution in [0.5, 0.6) is 0 Å². The fraction of sp³-hybridized carbons (Fsp3) is 0.333. The molecule has 1 rings (SSSR count). The molecule has 0 aromatic carbocycles. The summed E-state index contributed by atoms with van der Waals surface area (Å²) in [7, 11) is 0. The number of rotatable bonds is 2. The summed E-state index contributed by atoms with van der Waals surface area (Å²) in [5, 5.41) is 2.68. The Morgan fingerprint density at radius 3 is 2.46 bits per heavy atom. The number of carbonyl (C=O) groups is 1. The highest BCUT2D eigenvalue weighted by Crippen LogP contribution is 2.06. The quantitative estimate of drug-likeness (QED) is 0.704. The summed E-state index contributed by atoms with van der Waals surface area (Å²) in [5.74, 6) is -0.210. The van der Waals surface area contributed by atoms with Gasteiger partial charge in [0.15, 0.2) is 0 Å². The minimum atomic E-state index is -0.858. The maximum Gasteiger partial charge on any atom is 0.243 e. The Kier molecular flexibility index (Phi) is 2.63. The van der Waals surface area contributed by atoms with E-state index in [0.29, 0.717) is 5.69 Å². The number of hydrogen-bond acceptors (Lipinski definition) is 3. The Hall–Kier alpha value is -1.42. The van der Waals surface area contributed by atoms with Crippen LogP contribution in [0.2, 0.25) is 0 Å². The highest BCUT2D eigenvalue weighted by atomic mass is 16.2. The second kappa shape index (κ2) is 3.53. The summed E-state index contributed by atoms with van der Waals surface area (Å²) < 4.78 is 0. The van der Waals surface area contributed by atoms with E-state index in [1.54, 1.807) is 38.4 Å². The monoisotopic (exact) mass is 179 g/mol. The molecule has 0 saturated heterocycles. The average molecular weight is 179 g/mol. The fourth-order valence-electron chi connectivity index (χ4n) is 0.727. The van der Waals surface area contributed by atoms with Gasteiger partial charge < -0.3 is 11.1 Å². The van der Waals surface area contributed by atoms with Gasteiger partial charge in [-0.15, -0.1) is 0 Å². The van der Waals surface area contributed by atoms with E-state index in [0.717, 1.165) is 0 Å². The lowest BCUT2D eigenvalue weighted by molar-refractivity contribution is -0.120. The summed E-state index contributed by atoms with van der Waals surface area (Å²) in [6.07, 6.45) is 3.22. The van der Waals surface area contributed by atoms with Gasteiger partial charge in [0.2, 0.25) is 5.91 Å². The van der Waals surface area contributed by atoms with Crippen molar-refractivity contribution in [1.29, 1.82) is 0 Å². The number of amides is 1.